The third kappa shape index (κ3) is 39.4. The molecule has 566 valence electrons. The minimum atomic E-state index is -1.99. The minimum absolute atomic E-state index is 0.175. The van der Waals surface area contributed by atoms with Crippen LogP contribution in [0.4, 0.5) is 0 Å². The number of aliphatic hydroxyl groups excluding tert-OH is 11. The van der Waals surface area contributed by atoms with Crippen LogP contribution in [0.2, 0.25) is 0 Å². The number of carbonyl (C=O) groups is 1. The van der Waals surface area contributed by atoms with Gasteiger partial charge in [0.25, 0.3) is 0 Å². The number of allylic oxidation sites excluding steroid dienone is 15. The van der Waals surface area contributed by atoms with E-state index in [4.69, 9.17) is 28.4 Å². The van der Waals surface area contributed by atoms with Crippen molar-refractivity contribution in [1.82, 2.24) is 5.32 Å². The van der Waals surface area contributed by atoms with Gasteiger partial charge in [0.1, 0.15) is 73.2 Å². The molecule has 3 aliphatic heterocycles. The summed E-state index contributed by atoms with van der Waals surface area (Å²) in [7, 11) is 0. The second-order valence-corrected chi connectivity index (χ2v) is 27.1. The van der Waals surface area contributed by atoms with Crippen molar-refractivity contribution < 1.29 is 89.4 Å². The largest absolute Gasteiger partial charge is 0.394 e. The Kier molecular flexibility index (Phi) is 53.7. The fraction of sp³-hybridized carbons (Fsp3) is 0.785. The van der Waals surface area contributed by atoms with E-state index in [0.29, 0.717) is 12.8 Å². The Morgan fingerprint density at radius 1 is 0.378 bits per heavy atom. The Morgan fingerprint density at radius 2 is 0.714 bits per heavy atom. The number of ether oxygens (including phenoxy) is 6. The van der Waals surface area contributed by atoms with E-state index in [1.54, 1.807) is 6.08 Å². The number of rotatable bonds is 59. The molecule has 0 radical (unpaired) electrons. The standard InChI is InChI=1S/C79H137NO18/c1-3-5-7-9-11-13-15-17-19-21-23-25-26-27-28-29-30-31-32-33-34-35-37-38-40-42-44-46-48-50-52-54-56-63(84)62(80-67(85)57-55-53-51-49-47-45-43-41-39-36-24-22-20-18-16-14-12-10-8-6-4-2)61-93-77-73(91)70(88)75(65(59-82)95-77)98-79-74(92)71(89)76(66(60-83)96-79)97-78-72(90)69(87)68(86)64(58-81)94-78/h6,8,12,14,18,20,24,36,41,43,46-49,54,56,62-66,68-79,81-84,86-92H,3-5,7,9-11,13,15-17,19,21-23,25-35,37-40,42,44-45,50-53,55,57-61H2,1-2H3,(H,80,85)/b8-6-,14-12-,20-18-,36-24-,43-41-,48-46+,49-47-,56-54+. The van der Waals surface area contributed by atoms with Crippen LogP contribution in [0.3, 0.4) is 0 Å². The van der Waals surface area contributed by atoms with Gasteiger partial charge in [-0.1, -0.05) is 272 Å². The van der Waals surface area contributed by atoms with Crippen molar-refractivity contribution in [3.05, 3.63) is 97.2 Å². The van der Waals surface area contributed by atoms with Crippen molar-refractivity contribution in [1.29, 1.82) is 0 Å². The highest BCUT2D eigenvalue weighted by atomic mass is 16.8. The number of amides is 1. The van der Waals surface area contributed by atoms with Crippen molar-refractivity contribution in [3.8, 4) is 0 Å². The number of aliphatic hydroxyl groups is 11. The predicted octanol–water partition coefficient (Wildman–Crippen LogP) is 12.0. The Bertz CT molecular complexity index is 2150. The number of hydrogen-bond acceptors (Lipinski definition) is 18. The molecule has 17 unspecified atom stereocenters. The molecule has 3 aliphatic rings. The summed E-state index contributed by atoms with van der Waals surface area (Å²) < 4.78 is 34.4. The van der Waals surface area contributed by atoms with Crippen LogP contribution in [0.5, 0.6) is 0 Å². The van der Waals surface area contributed by atoms with Gasteiger partial charge < -0.3 is 89.9 Å². The molecule has 3 saturated heterocycles. The summed E-state index contributed by atoms with van der Waals surface area (Å²) in [5.41, 5.74) is 0. The molecule has 3 rings (SSSR count). The van der Waals surface area contributed by atoms with Gasteiger partial charge in [-0.05, 0) is 83.5 Å². The van der Waals surface area contributed by atoms with E-state index in [1.165, 1.54) is 161 Å². The topological polar surface area (TPSA) is 307 Å². The van der Waals surface area contributed by atoms with E-state index in [9.17, 15) is 61.0 Å². The second-order valence-electron chi connectivity index (χ2n) is 27.1. The van der Waals surface area contributed by atoms with E-state index in [-0.39, 0.29) is 12.3 Å². The third-order valence-corrected chi connectivity index (χ3v) is 18.6. The zero-order chi connectivity index (χ0) is 71.1. The monoisotopic (exact) mass is 1390 g/mol. The van der Waals surface area contributed by atoms with Gasteiger partial charge in [-0.2, -0.15) is 0 Å². The molecule has 0 aliphatic carbocycles. The first-order chi connectivity index (χ1) is 47.8. The lowest BCUT2D eigenvalue weighted by molar-refractivity contribution is -0.379. The summed E-state index contributed by atoms with van der Waals surface area (Å²) in [5, 5.41) is 121. The van der Waals surface area contributed by atoms with Gasteiger partial charge in [0, 0.05) is 6.42 Å². The SMILES string of the molecule is CC/C=C\C/C=C\C/C=C\C/C=C\C/C=C\C/C=C\CCCCC(=O)NC(COC1OC(CO)C(OC2OC(CO)C(OC3OC(CO)C(O)C(O)C3O)C(O)C2O)C(O)C1O)C(O)/C=C/CC/C=C/CCCCCCCCCCCCCCCCCCCCCCCCCCCC. The van der Waals surface area contributed by atoms with Crippen molar-refractivity contribution in [2.24, 2.45) is 0 Å². The Hall–Kier alpha value is -3.29. The van der Waals surface area contributed by atoms with Gasteiger partial charge in [0.15, 0.2) is 18.9 Å². The molecule has 98 heavy (non-hydrogen) atoms. The molecule has 0 spiro atoms. The summed E-state index contributed by atoms with van der Waals surface area (Å²) in [6.07, 6.45) is 52.7. The van der Waals surface area contributed by atoms with Crippen molar-refractivity contribution in [3.63, 3.8) is 0 Å². The van der Waals surface area contributed by atoms with Gasteiger partial charge >= 0.3 is 0 Å². The summed E-state index contributed by atoms with van der Waals surface area (Å²) in [6, 6.07) is -1.02. The van der Waals surface area contributed by atoms with Crippen LogP contribution in [0, 0.1) is 0 Å². The van der Waals surface area contributed by atoms with Gasteiger partial charge in [-0.25, -0.2) is 0 Å². The molecule has 12 N–H and O–H groups in total. The maximum absolute atomic E-state index is 13.4. The lowest BCUT2D eigenvalue weighted by Gasteiger charge is -2.48. The van der Waals surface area contributed by atoms with Gasteiger partial charge in [0.2, 0.25) is 5.91 Å². The smallest absolute Gasteiger partial charge is 0.220 e. The Morgan fingerprint density at radius 3 is 1.14 bits per heavy atom. The van der Waals surface area contributed by atoms with Gasteiger partial charge in [0.05, 0.1) is 38.6 Å². The highest BCUT2D eigenvalue weighted by Crippen LogP contribution is 2.33. The van der Waals surface area contributed by atoms with Crippen molar-refractivity contribution >= 4 is 5.91 Å². The molecule has 1 amide bonds. The third-order valence-electron chi connectivity index (χ3n) is 18.6. The normalized spacial score (nSPS) is 27.3. The zero-order valence-corrected chi connectivity index (χ0v) is 60.2. The fourth-order valence-corrected chi connectivity index (χ4v) is 12.4. The van der Waals surface area contributed by atoms with E-state index in [1.807, 2.05) is 6.08 Å². The van der Waals surface area contributed by atoms with Crippen LogP contribution in [-0.4, -0.2) is 193 Å². The molecule has 19 nitrogen and oxygen atoms in total. The zero-order valence-electron chi connectivity index (χ0n) is 60.2. The molecule has 0 bridgehead atoms. The molecule has 19 heteroatoms. The first-order valence-electron chi connectivity index (χ1n) is 38.5. The molecule has 0 saturated carbocycles. The highest BCUT2D eigenvalue weighted by Gasteiger charge is 2.53. The lowest BCUT2D eigenvalue weighted by atomic mass is 9.96. The molecule has 0 aromatic heterocycles. The van der Waals surface area contributed by atoms with Crippen LogP contribution in [0.25, 0.3) is 0 Å². The maximum Gasteiger partial charge on any atom is 0.220 e. The van der Waals surface area contributed by atoms with Crippen LogP contribution in [-0.2, 0) is 33.2 Å². The predicted molar refractivity (Wildman–Crippen MR) is 387 cm³/mol. The van der Waals surface area contributed by atoms with E-state index >= 15 is 0 Å². The number of nitrogens with one attached hydrogen (secondary N) is 1. The summed E-state index contributed by atoms with van der Waals surface area (Å²) in [6.45, 7) is 1.58. The van der Waals surface area contributed by atoms with E-state index in [2.05, 4.69) is 104 Å². The lowest BCUT2D eigenvalue weighted by Crippen LogP contribution is -2.66. The second kappa shape index (κ2) is 59.1. The first-order valence-corrected chi connectivity index (χ1v) is 38.5. The first kappa shape index (κ1) is 88.9. The molecule has 0 aromatic carbocycles. The average Bonchev–Trinajstić information content (AvgIpc) is 0.784. The molecular formula is C79H137NO18. The van der Waals surface area contributed by atoms with E-state index in [0.717, 1.165) is 70.6 Å². The van der Waals surface area contributed by atoms with Gasteiger partial charge in [-0.3, -0.25) is 4.79 Å². The van der Waals surface area contributed by atoms with Crippen LogP contribution < -0.4 is 5.32 Å². The highest BCUT2D eigenvalue weighted by molar-refractivity contribution is 5.76. The van der Waals surface area contributed by atoms with Gasteiger partial charge in [-0.15, -0.1) is 0 Å². The summed E-state index contributed by atoms with van der Waals surface area (Å²) in [4.78, 5) is 13.4. The number of carbonyl (C=O) groups excluding carboxylic acids is 1. The molecule has 3 heterocycles. The van der Waals surface area contributed by atoms with Crippen molar-refractivity contribution in [2.45, 2.75) is 369 Å². The quantitative estimate of drug-likeness (QED) is 0.0199. The molecule has 3 fully saturated rings. The Balaban J connectivity index is 1.41. The molecule has 0 aromatic rings. The average molecular weight is 1390 g/mol. The number of unbranched alkanes of at least 4 members (excludes halogenated alkanes) is 29. The summed E-state index contributed by atoms with van der Waals surface area (Å²) in [5.74, 6) is -0.329. The number of hydrogen-bond donors (Lipinski definition) is 12. The van der Waals surface area contributed by atoms with Crippen LogP contribution in [0.1, 0.15) is 264 Å². The molecule has 17 atom stereocenters. The fourth-order valence-electron chi connectivity index (χ4n) is 12.4. The van der Waals surface area contributed by atoms with Crippen LogP contribution in [0.15, 0.2) is 97.2 Å². The maximum atomic E-state index is 13.4. The Labute approximate surface area is 590 Å². The summed E-state index contributed by atoms with van der Waals surface area (Å²) >= 11 is 0. The van der Waals surface area contributed by atoms with Crippen LogP contribution >= 0.6 is 0 Å². The van der Waals surface area contributed by atoms with E-state index < -0.39 is 131 Å². The van der Waals surface area contributed by atoms with Crippen molar-refractivity contribution in [2.75, 3.05) is 26.4 Å². The molecular weight excluding hydrogens is 1250 g/mol. The minimum Gasteiger partial charge on any atom is -0.394 e.